The van der Waals surface area contributed by atoms with Crippen molar-refractivity contribution in [3.05, 3.63) is 54.4 Å². The van der Waals surface area contributed by atoms with Crippen LogP contribution in [0, 0.1) is 0 Å². The summed E-state index contributed by atoms with van der Waals surface area (Å²) in [6.45, 7) is 2.06. The molecule has 0 bridgehead atoms. The molecule has 19 heavy (non-hydrogen) atoms. The van der Waals surface area contributed by atoms with Gasteiger partial charge in [-0.2, -0.15) is 0 Å². The summed E-state index contributed by atoms with van der Waals surface area (Å²) in [4.78, 5) is 4.36. The molecule has 4 heteroatoms. The van der Waals surface area contributed by atoms with Gasteiger partial charge in [0.05, 0.1) is 17.7 Å². The second-order valence-corrected chi connectivity index (χ2v) is 4.49. The molecule has 0 radical (unpaired) electrons. The molecule has 2 heterocycles. The molecule has 1 aromatic carbocycles. The van der Waals surface area contributed by atoms with Crippen LogP contribution >= 0.6 is 0 Å². The number of nitrogen functional groups attached to an aromatic ring is 1. The lowest BCUT2D eigenvalue weighted by Gasteiger charge is -2.17. The first-order chi connectivity index (χ1) is 9.25. The van der Waals surface area contributed by atoms with Crippen molar-refractivity contribution in [3.63, 3.8) is 0 Å². The number of para-hydroxylation sites is 1. The normalized spacial score (nSPS) is 12.5. The largest absolute Gasteiger partial charge is 0.464 e. The third kappa shape index (κ3) is 2.12. The van der Waals surface area contributed by atoms with E-state index in [-0.39, 0.29) is 6.04 Å². The predicted molar refractivity (Wildman–Crippen MR) is 76.9 cm³/mol. The number of aromatic nitrogens is 1. The van der Waals surface area contributed by atoms with Crippen LogP contribution in [0.1, 0.15) is 18.5 Å². The van der Waals surface area contributed by atoms with Crippen molar-refractivity contribution in [2.24, 2.45) is 0 Å². The van der Waals surface area contributed by atoms with E-state index in [1.54, 1.807) is 12.5 Å². The minimum absolute atomic E-state index is 0.0780. The minimum Gasteiger partial charge on any atom is -0.464 e. The molecule has 4 nitrogen and oxygen atoms in total. The van der Waals surface area contributed by atoms with E-state index in [9.17, 15) is 0 Å². The molecule has 0 saturated carbocycles. The summed E-state index contributed by atoms with van der Waals surface area (Å²) in [5, 5.41) is 4.35. The van der Waals surface area contributed by atoms with Gasteiger partial charge in [-0.05, 0) is 30.7 Å². The molecule has 1 atom stereocenters. The monoisotopic (exact) mass is 253 g/mol. The van der Waals surface area contributed by atoms with Crippen LogP contribution in [0.3, 0.4) is 0 Å². The van der Waals surface area contributed by atoms with Gasteiger partial charge in [-0.25, -0.2) is 4.98 Å². The number of furan rings is 1. The number of hydrogen-bond donors (Lipinski definition) is 2. The molecular weight excluding hydrogens is 238 g/mol. The van der Waals surface area contributed by atoms with E-state index in [0.717, 1.165) is 28.0 Å². The highest BCUT2D eigenvalue weighted by molar-refractivity contribution is 5.88. The van der Waals surface area contributed by atoms with E-state index >= 15 is 0 Å². The molecule has 0 saturated heterocycles. The number of benzene rings is 1. The van der Waals surface area contributed by atoms with Crippen LogP contribution in [-0.4, -0.2) is 4.98 Å². The highest BCUT2D eigenvalue weighted by atomic mass is 16.3. The maximum absolute atomic E-state index is 5.99. The van der Waals surface area contributed by atoms with Gasteiger partial charge in [0, 0.05) is 11.9 Å². The fourth-order valence-corrected chi connectivity index (χ4v) is 2.20. The molecule has 96 valence electrons. The highest BCUT2D eigenvalue weighted by Gasteiger charge is 2.11. The molecule has 2 aromatic heterocycles. The number of rotatable bonds is 3. The van der Waals surface area contributed by atoms with Crippen molar-refractivity contribution >= 4 is 22.5 Å². The smallest absolute Gasteiger partial charge is 0.139 e. The Morgan fingerprint density at radius 2 is 2.05 bits per heavy atom. The molecule has 3 rings (SSSR count). The zero-order valence-corrected chi connectivity index (χ0v) is 10.6. The summed E-state index contributed by atoms with van der Waals surface area (Å²) in [6, 6.07) is 11.7. The maximum Gasteiger partial charge on any atom is 0.139 e. The molecular formula is C15H15N3O. The zero-order valence-electron chi connectivity index (χ0n) is 10.6. The van der Waals surface area contributed by atoms with Gasteiger partial charge in [0.2, 0.25) is 0 Å². The van der Waals surface area contributed by atoms with Crippen LogP contribution in [0.5, 0.6) is 0 Å². The minimum atomic E-state index is 0.0780. The third-order valence-corrected chi connectivity index (χ3v) is 3.20. The fraction of sp³-hybridized carbons (Fsp3) is 0.133. The topological polar surface area (TPSA) is 64.1 Å². The fourth-order valence-electron chi connectivity index (χ4n) is 2.20. The standard InChI is InChI=1S/C15H15N3O/c1-10(11-4-2-3-5-13(11)16)18-15-12-7-9-19-14(12)6-8-17-15/h2-10H,16H2,1H3,(H,17,18). The Morgan fingerprint density at radius 1 is 1.21 bits per heavy atom. The molecule has 0 aliphatic rings. The number of nitrogens with one attached hydrogen (secondary N) is 1. The second-order valence-electron chi connectivity index (χ2n) is 4.49. The molecule has 0 amide bonds. The summed E-state index contributed by atoms with van der Waals surface area (Å²) in [7, 11) is 0. The lowest BCUT2D eigenvalue weighted by atomic mass is 10.1. The Labute approximate surface area is 111 Å². The number of hydrogen-bond acceptors (Lipinski definition) is 4. The first kappa shape index (κ1) is 11.6. The van der Waals surface area contributed by atoms with Crippen LogP contribution in [0.25, 0.3) is 11.0 Å². The van der Waals surface area contributed by atoms with E-state index in [1.807, 2.05) is 36.4 Å². The average Bonchev–Trinajstić information content (AvgIpc) is 2.88. The molecule has 1 unspecified atom stereocenters. The summed E-state index contributed by atoms with van der Waals surface area (Å²) >= 11 is 0. The van der Waals surface area contributed by atoms with E-state index in [4.69, 9.17) is 10.2 Å². The van der Waals surface area contributed by atoms with Crippen LogP contribution in [0.15, 0.2) is 53.3 Å². The molecule has 0 aliphatic carbocycles. The highest BCUT2D eigenvalue weighted by Crippen LogP contribution is 2.27. The Balaban J connectivity index is 1.93. The first-order valence-corrected chi connectivity index (χ1v) is 6.19. The van der Waals surface area contributed by atoms with Crippen molar-refractivity contribution in [2.45, 2.75) is 13.0 Å². The summed E-state index contributed by atoms with van der Waals surface area (Å²) in [6.07, 6.45) is 3.40. The van der Waals surface area contributed by atoms with Crippen LogP contribution in [0.2, 0.25) is 0 Å². The van der Waals surface area contributed by atoms with Crippen molar-refractivity contribution in [1.82, 2.24) is 4.98 Å². The molecule has 0 spiro atoms. The number of nitrogens with two attached hydrogens (primary N) is 1. The lowest BCUT2D eigenvalue weighted by Crippen LogP contribution is -2.10. The molecule has 3 aromatic rings. The lowest BCUT2D eigenvalue weighted by molar-refractivity contribution is 0.615. The quantitative estimate of drug-likeness (QED) is 0.700. The van der Waals surface area contributed by atoms with Gasteiger partial charge in [-0.3, -0.25) is 0 Å². The average molecular weight is 253 g/mol. The summed E-state index contributed by atoms with van der Waals surface area (Å²) in [5.74, 6) is 0.807. The van der Waals surface area contributed by atoms with Crippen LogP contribution in [-0.2, 0) is 0 Å². The zero-order chi connectivity index (χ0) is 13.2. The SMILES string of the molecule is CC(Nc1nccc2occc12)c1ccccc1N. The summed E-state index contributed by atoms with van der Waals surface area (Å²) in [5.41, 5.74) is 8.65. The Bertz CT molecular complexity index is 705. The predicted octanol–water partition coefficient (Wildman–Crippen LogP) is 3.58. The Hall–Kier alpha value is -2.49. The van der Waals surface area contributed by atoms with Gasteiger partial charge >= 0.3 is 0 Å². The van der Waals surface area contributed by atoms with Gasteiger partial charge in [-0.1, -0.05) is 18.2 Å². The van der Waals surface area contributed by atoms with Gasteiger partial charge < -0.3 is 15.5 Å². The molecule has 3 N–H and O–H groups in total. The van der Waals surface area contributed by atoms with E-state index in [2.05, 4.69) is 17.2 Å². The second kappa shape index (κ2) is 4.65. The van der Waals surface area contributed by atoms with Crippen molar-refractivity contribution in [2.75, 3.05) is 11.1 Å². The van der Waals surface area contributed by atoms with Gasteiger partial charge in [0.1, 0.15) is 11.4 Å². The number of nitrogens with zero attached hydrogens (tertiary/aromatic N) is 1. The van der Waals surface area contributed by atoms with Gasteiger partial charge in [0.25, 0.3) is 0 Å². The van der Waals surface area contributed by atoms with Gasteiger partial charge in [-0.15, -0.1) is 0 Å². The Morgan fingerprint density at radius 3 is 2.89 bits per heavy atom. The van der Waals surface area contributed by atoms with Crippen molar-refractivity contribution in [3.8, 4) is 0 Å². The van der Waals surface area contributed by atoms with Crippen LogP contribution in [0.4, 0.5) is 11.5 Å². The first-order valence-electron chi connectivity index (χ1n) is 6.19. The molecule has 0 fully saturated rings. The van der Waals surface area contributed by atoms with E-state index in [0.29, 0.717) is 0 Å². The number of fused-ring (bicyclic) bond motifs is 1. The van der Waals surface area contributed by atoms with E-state index in [1.165, 1.54) is 0 Å². The Kier molecular flexibility index (Phi) is 2.83. The number of pyridine rings is 1. The van der Waals surface area contributed by atoms with Crippen molar-refractivity contribution < 1.29 is 4.42 Å². The van der Waals surface area contributed by atoms with Crippen molar-refractivity contribution in [1.29, 1.82) is 0 Å². The molecule has 0 aliphatic heterocycles. The summed E-state index contributed by atoms with van der Waals surface area (Å²) < 4.78 is 5.36. The van der Waals surface area contributed by atoms with E-state index < -0.39 is 0 Å². The number of anilines is 2. The van der Waals surface area contributed by atoms with Gasteiger partial charge in [0.15, 0.2) is 0 Å². The van der Waals surface area contributed by atoms with Crippen LogP contribution < -0.4 is 11.1 Å². The third-order valence-electron chi connectivity index (χ3n) is 3.20. The maximum atomic E-state index is 5.99.